The molecule has 3 aromatic rings. The summed E-state index contributed by atoms with van der Waals surface area (Å²) in [5.41, 5.74) is 2.62. The van der Waals surface area contributed by atoms with Crippen molar-refractivity contribution in [1.29, 1.82) is 0 Å². The Morgan fingerprint density at radius 3 is 2.23 bits per heavy atom. The van der Waals surface area contributed by atoms with Crippen molar-refractivity contribution in [2.24, 2.45) is 7.05 Å². The Morgan fingerprint density at radius 2 is 1.55 bits per heavy atom. The Labute approximate surface area is 128 Å². The highest BCUT2D eigenvalue weighted by Crippen LogP contribution is 2.30. The largest absolute Gasteiger partial charge is 0.311 e. The van der Waals surface area contributed by atoms with Crippen molar-refractivity contribution in [2.45, 2.75) is 0 Å². The number of nitrogens with zero attached hydrogens (tertiary/aromatic N) is 1. The zero-order valence-corrected chi connectivity index (χ0v) is 12.2. The van der Waals surface area contributed by atoms with E-state index in [4.69, 9.17) is 0 Å². The Bertz CT molecular complexity index is 921. The average molecular weight is 289 g/mol. The third-order valence-electron chi connectivity index (χ3n) is 3.74. The van der Waals surface area contributed by atoms with E-state index in [1.165, 1.54) is 6.08 Å². The number of carbonyl (C=O) groups is 1. The molecule has 1 aromatic heterocycles. The quantitative estimate of drug-likeness (QED) is 0.547. The highest BCUT2D eigenvalue weighted by Gasteiger charge is 2.14. The summed E-state index contributed by atoms with van der Waals surface area (Å²) in [6.45, 7) is 0. The number of hydrogen-bond acceptors (Lipinski definition) is 2. The van der Waals surface area contributed by atoms with Crippen molar-refractivity contribution in [2.75, 3.05) is 0 Å². The van der Waals surface area contributed by atoms with Gasteiger partial charge in [-0.3, -0.25) is 9.59 Å². The number of aromatic nitrogens is 1. The number of carbonyl (C=O) groups excluding carboxylic acids is 1. The molecule has 0 unspecified atom stereocenters. The fraction of sp³-hybridized carbons (Fsp3) is 0.0526. The lowest BCUT2D eigenvalue weighted by molar-refractivity contribution is -0.104. The lowest BCUT2D eigenvalue weighted by Crippen LogP contribution is -2.20. The minimum Gasteiger partial charge on any atom is -0.311 e. The highest BCUT2D eigenvalue weighted by molar-refractivity contribution is 5.99. The van der Waals surface area contributed by atoms with E-state index in [2.05, 4.69) is 0 Å². The summed E-state index contributed by atoms with van der Waals surface area (Å²) in [7, 11) is 1.73. The number of allylic oxidation sites excluding steroid dienone is 1. The Balaban J connectivity index is 2.51. The number of pyridine rings is 1. The number of benzene rings is 2. The molecule has 0 saturated heterocycles. The van der Waals surface area contributed by atoms with Gasteiger partial charge in [-0.15, -0.1) is 0 Å². The van der Waals surface area contributed by atoms with E-state index in [-0.39, 0.29) is 5.56 Å². The van der Waals surface area contributed by atoms with E-state index in [1.54, 1.807) is 17.7 Å². The lowest BCUT2D eigenvalue weighted by Gasteiger charge is -2.15. The van der Waals surface area contributed by atoms with Crippen LogP contribution in [0.5, 0.6) is 0 Å². The van der Waals surface area contributed by atoms with Crippen LogP contribution in [0.4, 0.5) is 0 Å². The van der Waals surface area contributed by atoms with Crippen LogP contribution >= 0.6 is 0 Å². The van der Waals surface area contributed by atoms with Crippen molar-refractivity contribution < 1.29 is 4.79 Å². The fourth-order valence-corrected chi connectivity index (χ4v) is 2.72. The molecule has 0 fully saturated rings. The molecule has 3 rings (SSSR count). The van der Waals surface area contributed by atoms with E-state index in [1.807, 2.05) is 54.6 Å². The van der Waals surface area contributed by atoms with Gasteiger partial charge in [-0.25, -0.2) is 0 Å². The maximum Gasteiger partial charge on any atom is 0.258 e. The van der Waals surface area contributed by atoms with Crippen LogP contribution < -0.4 is 5.56 Å². The first-order chi connectivity index (χ1) is 10.7. The third kappa shape index (κ3) is 2.27. The van der Waals surface area contributed by atoms with Gasteiger partial charge < -0.3 is 4.57 Å². The maximum absolute atomic E-state index is 12.5. The Hall–Kier alpha value is -2.94. The summed E-state index contributed by atoms with van der Waals surface area (Å²) in [5, 5.41) is 1.56. The van der Waals surface area contributed by atoms with Gasteiger partial charge in [-0.05, 0) is 29.2 Å². The second-order valence-corrected chi connectivity index (χ2v) is 5.03. The topological polar surface area (TPSA) is 39.1 Å². The van der Waals surface area contributed by atoms with Crippen LogP contribution in [-0.4, -0.2) is 10.9 Å². The van der Waals surface area contributed by atoms with Gasteiger partial charge in [0, 0.05) is 18.0 Å². The second kappa shape index (κ2) is 5.82. The first-order valence-corrected chi connectivity index (χ1v) is 7.03. The predicted octanol–water partition coefficient (Wildman–Crippen LogP) is 3.42. The van der Waals surface area contributed by atoms with Gasteiger partial charge in [0.05, 0.1) is 5.69 Å². The molecule has 0 aliphatic heterocycles. The third-order valence-corrected chi connectivity index (χ3v) is 3.74. The zero-order chi connectivity index (χ0) is 15.5. The molecule has 0 saturated carbocycles. The molecule has 108 valence electrons. The highest BCUT2D eigenvalue weighted by atomic mass is 16.1. The minimum absolute atomic E-state index is 0.0687. The number of rotatable bonds is 3. The van der Waals surface area contributed by atoms with Gasteiger partial charge in [-0.1, -0.05) is 48.5 Å². The van der Waals surface area contributed by atoms with Crippen molar-refractivity contribution in [3.05, 3.63) is 76.7 Å². The van der Waals surface area contributed by atoms with Crippen LogP contribution in [0.15, 0.2) is 65.5 Å². The smallest absolute Gasteiger partial charge is 0.258 e. The molecule has 0 N–H and O–H groups in total. The summed E-state index contributed by atoms with van der Waals surface area (Å²) in [4.78, 5) is 23.2. The molecule has 1 heterocycles. The molecular weight excluding hydrogens is 274 g/mol. The standard InChI is InChI=1S/C19H15NO2/c1-20-17(12-7-13-21)18(14-8-3-2-4-9-14)15-10-5-6-11-16(15)19(20)22/h2-13H,1H3. The summed E-state index contributed by atoms with van der Waals surface area (Å²) >= 11 is 0. The minimum atomic E-state index is -0.0687. The summed E-state index contributed by atoms with van der Waals surface area (Å²) < 4.78 is 1.59. The van der Waals surface area contributed by atoms with Crippen LogP contribution in [0.3, 0.4) is 0 Å². The van der Waals surface area contributed by atoms with E-state index in [0.717, 1.165) is 22.2 Å². The van der Waals surface area contributed by atoms with Gasteiger partial charge in [0.2, 0.25) is 0 Å². The average Bonchev–Trinajstić information content (AvgIpc) is 2.57. The van der Waals surface area contributed by atoms with Crippen LogP contribution in [0.1, 0.15) is 5.69 Å². The fourth-order valence-electron chi connectivity index (χ4n) is 2.72. The van der Waals surface area contributed by atoms with Crippen LogP contribution in [0.2, 0.25) is 0 Å². The van der Waals surface area contributed by atoms with Gasteiger partial charge in [0.25, 0.3) is 5.56 Å². The summed E-state index contributed by atoms with van der Waals surface area (Å²) in [6, 6.07) is 17.4. The van der Waals surface area contributed by atoms with Crippen molar-refractivity contribution in [3.8, 4) is 11.1 Å². The molecule has 2 aromatic carbocycles. The van der Waals surface area contributed by atoms with E-state index < -0.39 is 0 Å². The predicted molar refractivity (Wildman–Crippen MR) is 89.7 cm³/mol. The van der Waals surface area contributed by atoms with E-state index >= 15 is 0 Å². The number of fused-ring (bicyclic) bond motifs is 1. The molecule has 0 radical (unpaired) electrons. The van der Waals surface area contributed by atoms with Gasteiger partial charge in [0.1, 0.15) is 6.29 Å². The number of aldehydes is 1. The Kier molecular flexibility index (Phi) is 3.71. The van der Waals surface area contributed by atoms with Crippen LogP contribution in [0, 0.1) is 0 Å². The molecule has 3 nitrogen and oxygen atoms in total. The van der Waals surface area contributed by atoms with E-state index in [9.17, 15) is 9.59 Å². The molecule has 0 aliphatic rings. The molecule has 0 bridgehead atoms. The normalized spacial score (nSPS) is 11.1. The molecule has 0 atom stereocenters. The molecule has 0 spiro atoms. The van der Waals surface area contributed by atoms with Crippen molar-refractivity contribution in [1.82, 2.24) is 4.57 Å². The van der Waals surface area contributed by atoms with Gasteiger partial charge in [0.15, 0.2) is 0 Å². The molecule has 0 aliphatic carbocycles. The molecule has 3 heteroatoms. The lowest BCUT2D eigenvalue weighted by atomic mass is 9.96. The zero-order valence-electron chi connectivity index (χ0n) is 12.2. The summed E-state index contributed by atoms with van der Waals surface area (Å²) in [6.07, 6.45) is 3.81. The van der Waals surface area contributed by atoms with Gasteiger partial charge in [-0.2, -0.15) is 0 Å². The van der Waals surface area contributed by atoms with Crippen molar-refractivity contribution in [3.63, 3.8) is 0 Å². The van der Waals surface area contributed by atoms with Crippen molar-refractivity contribution >= 4 is 23.1 Å². The Morgan fingerprint density at radius 1 is 0.909 bits per heavy atom. The monoisotopic (exact) mass is 289 g/mol. The molecule has 22 heavy (non-hydrogen) atoms. The van der Waals surface area contributed by atoms with Crippen LogP contribution in [0.25, 0.3) is 28.0 Å². The molecule has 0 amide bonds. The first kappa shape index (κ1) is 14.0. The van der Waals surface area contributed by atoms with E-state index in [0.29, 0.717) is 11.7 Å². The first-order valence-electron chi connectivity index (χ1n) is 7.03. The maximum atomic E-state index is 12.5. The second-order valence-electron chi connectivity index (χ2n) is 5.03. The SMILES string of the molecule is Cn1c(C=CC=O)c(-c2ccccc2)c2ccccc2c1=O. The number of hydrogen-bond donors (Lipinski definition) is 0. The van der Waals surface area contributed by atoms with Crippen LogP contribution in [-0.2, 0) is 11.8 Å². The van der Waals surface area contributed by atoms with Gasteiger partial charge >= 0.3 is 0 Å². The summed E-state index contributed by atoms with van der Waals surface area (Å²) in [5.74, 6) is 0. The molecular formula is C19H15NO2.